The molecule has 1 unspecified atom stereocenters. The van der Waals surface area contributed by atoms with Gasteiger partial charge in [-0.3, -0.25) is 0 Å². The molecule has 6 heteroatoms. The third-order valence-electron chi connectivity index (χ3n) is 3.90. The molecule has 1 aliphatic heterocycles. The van der Waals surface area contributed by atoms with Crippen LogP contribution in [0.3, 0.4) is 0 Å². The van der Waals surface area contributed by atoms with E-state index in [0.29, 0.717) is 6.54 Å². The van der Waals surface area contributed by atoms with Gasteiger partial charge >= 0.3 is 12.2 Å². The van der Waals surface area contributed by atoms with Crippen molar-refractivity contribution in [3.05, 3.63) is 0 Å². The average Bonchev–Trinajstić information content (AvgIpc) is 2.80. The lowest BCUT2D eigenvalue weighted by molar-refractivity contribution is 0.0186. The Balaban J connectivity index is 2.57. The molecule has 1 atom stereocenters. The summed E-state index contributed by atoms with van der Waals surface area (Å²) in [5, 5.41) is 2.84. The van der Waals surface area contributed by atoms with Crippen LogP contribution in [0.2, 0.25) is 0 Å². The summed E-state index contributed by atoms with van der Waals surface area (Å²) in [5.41, 5.74) is -1.14. The van der Waals surface area contributed by atoms with E-state index < -0.39 is 17.3 Å². The molecule has 1 heterocycles. The SMILES string of the molecule is CC(C)(CNC(=O)OC(C)(C)C)CC1CCCN1C(=O)OC(C)(C)C. The summed E-state index contributed by atoms with van der Waals surface area (Å²) in [7, 11) is 0. The van der Waals surface area contributed by atoms with E-state index in [2.05, 4.69) is 19.2 Å². The second kappa shape index (κ2) is 7.83. The maximum atomic E-state index is 12.4. The Bertz CT molecular complexity index is 475. The predicted octanol–water partition coefficient (Wildman–Crippen LogP) is 4.33. The molecule has 2 amide bonds. The summed E-state index contributed by atoms with van der Waals surface area (Å²) in [6, 6.07) is 0.144. The number of amides is 2. The number of rotatable bonds is 4. The zero-order valence-corrected chi connectivity index (χ0v) is 17.2. The highest BCUT2D eigenvalue weighted by atomic mass is 16.6. The van der Waals surface area contributed by atoms with Crippen molar-refractivity contribution >= 4 is 12.2 Å². The van der Waals surface area contributed by atoms with E-state index in [0.717, 1.165) is 25.8 Å². The molecule has 1 fully saturated rings. The lowest BCUT2D eigenvalue weighted by Crippen LogP contribution is -2.44. The van der Waals surface area contributed by atoms with Gasteiger partial charge in [-0.2, -0.15) is 0 Å². The van der Waals surface area contributed by atoms with Crippen molar-refractivity contribution in [2.24, 2.45) is 5.41 Å². The zero-order valence-electron chi connectivity index (χ0n) is 17.2. The number of nitrogens with zero attached hydrogens (tertiary/aromatic N) is 1. The van der Waals surface area contributed by atoms with Crippen molar-refractivity contribution in [1.82, 2.24) is 10.2 Å². The van der Waals surface area contributed by atoms with Crippen LogP contribution in [0.15, 0.2) is 0 Å². The first kappa shape index (κ1) is 21.6. The summed E-state index contributed by atoms with van der Waals surface area (Å²) >= 11 is 0. The molecular weight excluding hydrogens is 320 g/mol. The van der Waals surface area contributed by atoms with Crippen LogP contribution >= 0.6 is 0 Å². The molecule has 0 saturated carbocycles. The van der Waals surface area contributed by atoms with Gasteiger partial charge in [0.05, 0.1) is 0 Å². The van der Waals surface area contributed by atoms with Crippen LogP contribution < -0.4 is 5.32 Å². The average molecular weight is 357 g/mol. The number of hydrogen-bond acceptors (Lipinski definition) is 4. The van der Waals surface area contributed by atoms with Gasteiger partial charge in [0.2, 0.25) is 0 Å². The van der Waals surface area contributed by atoms with Crippen LogP contribution in [0, 0.1) is 5.41 Å². The van der Waals surface area contributed by atoms with Gasteiger partial charge in [-0.05, 0) is 66.2 Å². The monoisotopic (exact) mass is 356 g/mol. The summed E-state index contributed by atoms with van der Waals surface area (Å²) in [4.78, 5) is 26.1. The largest absolute Gasteiger partial charge is 0.444 e. The lowest BCUT2D eigenvalue weighted by Gasteiger charge is -2.34. The van der Waals surface area contributed by atoms with Crippen molar-refractivity contribution in [3.63, 3.8) is 0 Å². The van der Waals surface area contributed by atoms with E-state index in [-0.39, 0.29) is 17.6 Å². The molecule has 1 saturated heterocycles. The molecule has 0 aromatic heterocycles. The molecule has 0 bridgehead atoms. The second-order valence-corrected chi connectivity index (χ2v) is 9.69. The fourth-order valence-electron chi connectivity index (χ4n) is 2.94. The highest BCUT2D eigenvalue weighted by Gasteiger charge is 2.36. The predicted molar refractivity (Wildman–Crippen MR) is 98.6 cm³/mol. The third kappa shape index (κ3) is 8.45. The summed E-state index contributed by atoms with van der Waals surface area (Å²) in [5.74, 6) is 0. The molecule has 1 aliphatic rings. The number of ether oxygens (including phenoxy) is 2. The minimum atomic E-state index is -0.507. The van der Waals surface area contributed by atoms with Gasteiger partial charge in [0, 0.05) is 19.1 Å². The fraction of sp³-hybridized carbons (Fsp3) is 0.895. The van der Waals surface area contributed by atoms with Gasteiger partial charge in [-0.15, -0.1) is 0 Å². The Morgan fingerprint density at radius 3 is 2.08 bits per heavy atom. The standard InChI is InChI=1S/C19H36N2O4/c1-17(2,3)24-15(22)20-13-19(7,8)12-14-10-9-11-21(14)16(23)25-18(4,5)6/h14H,9-13H2,1-8H3,(H,20,22). The van der Waals surface area contributed by atoms with Gasteiger partial charge in [0.25, 0.3) is 0 Å². The topological polar surface area (TPSA) is 67.9 Å². The van der Waals surface area contributed by atoms with E-state index in [1.807, 2.05) is 46.4 Å². The highest BCUT2D eigenvalue weighted by Crippen LogP contribution is 2.31. The van der Waals surface area contributed by atoms with E-state index >= 15 is 0 Å². The van der Waals surface area contributed by atoms with Gasteiger partial charge in [0.15, 0.2) is 0 Å². The highest BCUT2D eigenvalue weighted by molar-refractivity contribution is 5.69. The fourth-order valence-corrected chi connectivity index (χ4v) is 2.94. The molecule has 0 radical (unpaired) electrons. The molecule has 146 valence electrons. The molecule has 1 N–H and O–H groups in total. The summed E-state index contributed by atoms with van der Waals surface area (Å²) in [6.07, 6.45) is 2.11. The molecule has 25 heavy (non-hydrogen) atoms. The smallest absolute Gasteiger partial charge is 0.410 e. The van der Waals surface area contributed by atoms with Crippen molar-refractivity contribution in [2.45, 2.75) is 91.9 Å². The molecule has 1 rings (SSSR count). The Hall–Kier alpha value is -1.46. The van der Waals surface area contributed by atoms with Crippen LogP contribution in [-0.4, -0.2) is 47.4 Å². The molecule has 6 nitrogen and oxygen atoms in total. The van der Waals surface area contributed by atoms with Crippen molar-refractivity contribution in [3.8, 4) is 0 Å². The van der Waals surface area contributed by atoms with Crippen LogP contribution in [0.4, 0.5) is 9.59 Å². The Labute approximate surface area is 152 Å². The van der Waals surface area contributed by atoms with Crippen LogP contribution in [0.5, 0.6) is 0 Å². The summed E-state index contributed by atoms with van der Waals surface area (Å²) < 4.78 is 10.8. The van der Waals surface area contributed by atoms with Gasteiger partial charge < -0.3 is 19.7 Å². The number of hydrogen-bond donors (Lipinski definition) is 1. The molecule has 0 aromatic carbocycles. The van der Waals surface area contributed by atoms with Crippen molar-refractivity contribution in [2.75, 3.05) is 13.1 Å². The van der Waals surface area contributed by atoms with E-state index in [9.17, 15) is 9.59 Å². The number of alkyl carbamates (subject to hydrolysis) is 1. The first-order valence-electron chi connectivity index (χ1n) is 9.15. The Kier molecular flexibility index (Phi) is 6.76. The van der Waals surface area contributed by atoms with Crippen molar-refractivity contribution in [1.29, 1.82) is 0 Å². The molecular formula is C19H36N2O4. The number of likely N-dealkylation sites (tertiary alicyclic amines) is 1. The zero-order chi connectivity index (χ0) is 19.5. The van der Waals surface area contributed by atoms with Crippen LogP contribution in [0.1, 0.15) is 74.7 Å². The third-order valence-corrected chi connectivity index (χ3v) is 3.90. The quantitative estimate of drug-likeness (QED) is 0.814. The van der Waals surface area contributed by atoms with Crippen LogP contribution in [0.25, 0.3) is 0 Å². The number of nitrogens with one attached hydrogen (secondary N) is 1. The first-order chi connectivity index (χ1) is 11.2. The van der Waals surface area contributed by atoms with Crippen LogP contribution in [-0.2, 0) is 9.47 Å². The minimum absolute atomic E-state index is 0.144. The van der Waals surface area contributed by atoms with E-state index in [1.165, 1.54) is 0 Å². The maximum absolute atomic E-state index is 12.4. The van der Waals surface area contributed by atoms with Crippen molar-refractivity contribution < 1.29 is 19.1 Å². The van der Waals surface area contributed by atoms with E-state index in [1.54, 1.807) is 0 Å². The lowest BCUT2D eigenvalue weighted by atomic mass is 9.85. The second-order valence-electron chi connectivity index (χ2n) is 9.69. The number of carbonyl (C=O) groups is 2. The molecule has 0 aliphatic carbocycles. The summed E-state index contributed by atoms with van der Waals surface area (Å²) in [6.45, 7) is 16.6. The number of carbonyl (C=O) groups excluding carboxylic acids is 2. The van der Waals surface area contributed by atoms with Gasteiger partial charge in [-0.1, -0.05) is 13.8 Å². The molecule has 0 aromatic rings. The van der Waals surface area contributed by atoms with E-state index in [4.69, 9.17) is 9.47 Å². The minimum Gasteiger partial charge on any atom is -0.444 e. The van der Waals surface area contributed by atoms with Gasteiger partial charge in [-0.25, -0.2) is 9.59 Å². The maximum Gasteiger partial charge on any atom is 0.410 e. The first-order valence-corrected chi connectivity index (χ1v) is 9.15. The molecule has 0 spiro atoms. The Morgan fingerprint density at radius 1 is 1.00 bits per heavy atom. The van der Waals surface area contributed by atoms with Gasteiger partial charge in [0.1, 0.15) is 11.2 Å². The Morgan fingerprint density at radius 2 is 1.56 bits per heavy atom. The normalized spacial score (nSPS) is 18.9.